The topological polar surface area (TPSA) is 67.8 Å². The normalized spacial score (nSPS) is 29.3. The fraction of sp³-hybridized carbons (Fsp3) is 0.933. The van der Waals surface area contributed by atoms with Gasteiger partial charge in [0.15, 0.2) is 6.10 Å². The Balaban J connectivity index is 1.86. The molecule has 2 aliphatic rings. The van der Waals surface area contributed by atoms with Crippen LogP contribution in [-0.4, -0.2) is 42.2 Å². The summed E-state index contributed by atoms with van der Waals surface area (Å²) in [5.41, 5.74) is 0. The van der Waals surface area contributed by atoms with E-state index in [1.165, 1.54) is 32.1 Å². The summed E-state index contributed by atoms with van der Waals surface area (Å²) in [7, 11) is 0. The highest BCUT2D eigenvalue weighted by atomic mass is 16.6. The van der Waals surface area contributed by atoms with E-state index in [0.29, 0.717) is 5.92 Å². The van der Waals surface area contributed by atoms with Crippen molar-refractivity contribution in [1.82, 2.24) is 5.32 Å². The van der Waals surface area contributed by atoms with Crippen molar-refractivity contribution in [2.75, 3.05) is 6.61 Å². The van der Waals surface area contributed by atoms with Gasteiger partial charge in [0, 0.05) is 0 Å². The summed E-state index contributed by atoms with van der Waals surface area (Å²) in [6.07, 6.45) is 5.60. The molecule has 5 nitrogen and oxygen atoms in total. The summed E-state index contributed by atoms with van der Waals surface area (Å²) in [6.45, 7) is 4.05. The molecule has 1 aliphatic carbocycles. The van der Waals surface area contributed by atoms with Crippen LogP contribution in [0.3, 0.4) is 0 Å². The molecule has 2 fully saturated rings. The van der Waals surface area contributed by atoms with Gasteiger partial charge in [0.05, 0.1) is 18.8 Å². The van der Waals surface area contributed by atoms with Gasteiger partial charge < -0.3 is 19.9 Å². The summed E-state index contributed by atoms with van der Waals surface area (Å²) >= 11 is 0. The van der Waals surface area contributed by atoms with Gasteiger partial charge in [-0.2, -0.15) is 0 Å². The van der Waals surface area contributed by atoms with Crippen LogP contribution in [0.15, 0.2) is 0 Å². The molecule has 0 aromatic rings. The second kappa shape index (κ2) is 7.27. The number of carbonyl (C=O) groups excluding carboxylic acids is 1. The molecule has 0 aromatic carbocycles. The summed E-state index contributed by atoms with van der Waals surface area (Å²) < 4.78 is 10.7. The summed E-state index contributed by atoms with van der Waals surface area (Å²) in [4.78, 5) is 11.5. The number of aliphatic hydroxyl groups is 1. The van der Waals surface area contributed by atoms with Gasteiger partial charge >= 0.3 is 6.09 Å². The molecule has 0 radical (unpaired) electrons. The average molecular weight is 285 g/mol. The monoisotopic (exact) mass is 285 g/mol. The molecule has 1 aliphatic heterocycles. The van der Waals surface area contributed by atoms with Crippen LogP contribution < -0.4 is 5.32 Å². The first-order valence-electron chi connectivity index (χ1n) is 7.83. The molecule has 0 spiro atoms. The number of nitrogens with one attached hydrogen (secondary N) is 1. The van der Waals surface area contributed by atoms with Crippen LogP contribution in [0.5, 0.6) is 0 Å². The van der Waals surface area contributed by atoms with Gasteiger partial charge in [0.2, 0.25) is 0 Å². The third-order valence-corrected chi connectivity index (χ3v) is 4.23. The number of ether oxygens (including phenoxy) is 2. The Morgan fingerprint density at radius 3 is 2.70 bits per heavy atom. The van der Waals surface area contributed by atoms with E-state index in [4.69, 9.17) is 9.47 Å². The van der Waals surface area contributed by atoms with Gasteiger partial charge in [-0.05, 0) is 26.2 Å². The lowest BCUT2D eigenvalue weighted by atomic mass is 9.83. The molecule has 2 unspecified atom stereocenters. The highest BCUT2D eigenvalue weighted by molar-refractivity contribution is 5.70. The largest absolute Gasteiger partial charge is 0.441 e. The summed E-state index contributed by atoms with van der Waals surface area (Å²) in [5, 5.41) is 13.0. The Hall–Kier alpha value is -0.810. The van der Waals surface area contributed by atoms with E-state index in [-0.39, 0.29) is 18.8 Å². The molecular formula is C15H27NO4. The highest BCUT2D eigenvalue weighted by Crippen LogP contribution is 2.30. The summed E-state index contributed by atoms with van der Waals surface area (Å²) in [6, 6.07) is -0.0867. The van der Waals surface area contributed by atoms with Crippen molar-refractivity contribution in [3.05, 3.63) is 0 Å². The maximum absolute atomic E-state index is 11.5. The summed E-state index contributed by atoms with van der Waals surface area (Å²) in [5.74, 6) is 0.636. The van der Waals surface area contributed by atoms with Gasteiger partial charge in [0.25, 0.3) is 0 Å². The number of aliphatic hydroxyl groups excluding tert-OH is 1. The van der Waals surface area contributed by atoms with Gasteiger partial charge in [-0.3, -0.25) is 0 Å². The van der Waals surface area contributed by atoms with Crippen molar-refractivity contribution in [2.24, 2.45) is 5.92 Å². The van der Waals surface area contributed by atoms with Crippen LogP contribution in [0.4, 0.5) is 4.79 Å². The second-order valence-corrected chi connectivity index (χ2v) is 6.31. The molecule has 0 bridgehead atoms. The number of alkyl carbamates (subject to hydrolysis) is 1. The van der Waals surface area contributed by atoms with Crippen molar-refractivity contribution < 1.29 is 19.4 Å². The number of carbonyl (C=O) groups is 1. The molecular weight excluding hydrogens is 258 g/mol. The number of amides is 1. The number of cyclic esters (lactones) is 1. The predicted molar refractivity (Wildman–Crippen MR) is 75.5 cm³/mol. The van der Waals surface area contributed by atoms with E-state index in [1.807, 2.05) is 13.8 Å². The predicted octanol–water partition coefficient (Wildman–Crippen LogP) is 2.22. The minimum atomic E-state index is -0.759. The lowest BCUT2D eigenvalue weighted by molar-refractivity contribution is -0.0525. The van der Waals surface area contributed by atoms with E-state index >= 15 is 0 Å². The van der Waals surface area contributed by atoms with Crippen LogP contribution in [-0.2, 0) is 9.47 Å². The zero-order valence-electron chi connectivity index (χ0n) is 12.5. The third-order valence-electron chi connectivity index (χ3n) is 4.23. The van der Waals surface area contributed by atoms with Crippen LogP contribution in [0.25, 0.3) is 0 Å². The minimum Gasteiger partial charge on any atom is -0.441 e. The first-order chi connectivity index (χ1) is 9.56. The van der Waals surface area contributed by atoms with E-state index in [1.54, 1.807) is 0 Å². The zero-order valence-corrected chi connectivity index (χ0v) is 12.5. The molecule has 3 atom stereocenters. The lowest BCUT2D eigenvalue weighted by Crippen LogP contribution is -2.43. The molecule has 2 rings (SSSR count). The fourth-order valence-electron chi connectivity index (χ4n) is 3.18. The maximum Gasteiger partial charge on any atom is 0.407 e. The molecule has 1 amide bonds. The van der Waals surface area contributed by atoms with Crippen LogP contribution >= 0.6 is 0 Å². The first kappa shape index (κ1) is 15.6. The molecule has 1 heterocycles. The Morgan fingerprint density at radius 2 is 2.05 bits per heavy atom. The average Bonchev–Trinajstić information content (AvgIpc) is 2.78. The highest BCUT2D eigenvalue weighted by Gasteiger charge is 2.40. The number of hydrogen-bond donors (Lipinski definition) is 2. The quantitative estimate of drug-likeness (QED) is 0.785. The van der Waals surface area contributed by atoms with Crippen molar-refractivity contribution in [3.63, 3.8) is 0 Å². The van der Waals surface area contributed by atoms with E-state index in [2.05, 4.69) is 5.32 Å². The maximum atomic E-state index is 11.5. The van der Waals surface area contributed by atoms with E-state index < -0.39 is 18.3 Å². The lowest BCUT2D eigenvalue weighted by Gasteiger charge is -2.28. The number of rotatable bonds is 6. The first-order valence-corrected chi connectivity index (χ1v) is 7.83. The van der Waals surface area contributed by atoms with E-state index in [9.17, 15) is 9.90 Å². The SMILES string of the molecule is CC(C)OC[C@@H](O)C1OC(=O)NC1CC1CCCCC1. The Morgan fingerprint density at radius 1 is 1.35 bits per heavy atom. The van der Waals surface area contributed by atoms with Gasteiger partial charge in [0.1, 0.15) is 6.10 Å². The molecule has 0 aromatic heterocycles. The standard InChI is InChI=1S/C15H27NO4/c1-10(2)19-9-13(17)14-12(16-15(18)20-14)8-11-6-4-3-5-7-11/h10-14,17H,3-9H2,1-2H3,(H,16,18)/t12?,13-,14?/m1/s1. The van der Waals surface area contributed by atoms with Gasteiger partial charge in [-0.15, -0.1) is 0 Å². The number of hydrogen-bond acceptors (Lipinski definition) is 4. The Bertz CT molecular complexity index is 315. The van der Waals surface area contributed by atoms with Crippen molar-refractivity contribution >= 4 is 6.09 Å². The molecule has 2 N–H and O–H groups in total. The fourth-order valence-corrected chi connectivity index (χ4v) is 3.18. The van der Waals surface area contributed by atoms with Crippen LogP contribution in [0, 0.1) is 5.92 Å². The van der Waals surface area contributed by atoms with Crippen molar-refractivity contribution in [2.45, 2.75) is 76.7 Å². The molecule has 5 heteroatoms. The van der Waals surface area contributed by atoms with Gasteiger partial charge in [-0.1, -0.05) is 32.1 Å². The van der Waals surface area contributed by atoms with Crippen LogP contribution in [0.1, 0.15) is 52.4 Å². The van der Waals surface area contributed by atoms with Crippen LogP contribution in [0.2, 0.25) is 0 Å². The Labute approximate surface area is 121 Å². The minimum absolute atomic E-state index is 0.0616. The zero-order chi connectivity index (χ0) is 14.5. The smallest absolute Gasteiger partial charge is 0.407 e. The molecule has 1 saturated heterocycles. The molecule has 116 valence electrons. The Kier molecular flexibility index (Phi) is 5.66. The van der Waals surface area contributed by atoms with E-state index in [0.717, 1.165) is 6.42 Å². The molecule has 20 heavy (non-hydrogen) atoms. The third kappa shape index (κ3) is 4.35. The van der Waals surface area contributed by atoms with Crippen molar-refractivity contribution in [1.29, 1.82) is 0 Å². The second-order valence-electron chi connectivity index (χ2n) is 6.31. The molecule has 1 saturated carbocycles. The van der Waals surface area contributed by atoms with Gasteiger partial charge in [-0.25, -0.2) is 4.79 Å². The van der Waals surface area contributed by atoms with Crippen molar-refractivity contribution in [3.8, 4) is 0 Å².